The van der Waals surface area contributed by atoms with Crippen LogP contribution in [0.5, 0.6) is 0 Å². The molecule has 0 bridgehead atoms. The van der Waals surface area contributed by atoms with E-state index in [0.717, 1.165) is 19.5 Å². The third-order valence-electron chi connectivity index (χ3n) is 4.04. The van der Waals surface area contributed by atoms with Gasteiger partial charge in [0.25, 0.3) is 5.91 Å². The molecule has 6 heteroatoms. The molecule has 2 amide bonds. The molecule has 2 unspecified atom stereocenters. The molecule has 1 aliphatic heterocycles. The number of hydrogen-bond donors (Lipinski definition) is 3. The van der Waals surface area contributed by atoms with Crippen LogP contribution in [0.4, 0.5) is 5.69 Å². The van der Waals surface area contributed by atoms with Gasteiger partial charge >= 0.3 is 0 Å². The first-order valence-electron chi connectivity index (χ1n) is 7.90. The summed E-state index contributed by atoms with van der Waals surface area (Å²) < 4.78 is 0. The Kier molecular flexibility index (Phi) is 7.52. The predicted octanol–water partition coefficient (Wildman–Crippen LogP) is 2.43. The summed E-state index contributed by atoms with van der Waals surface area (Å²) in [6.07, 6.45) is 0.954. The Bertz CT molecular complexity index is 531. The van der Waals surface area contributed by atoms with Gasteiger partial charge in [-0.2, -0.15) is 0 Å². The van der Waals surface area contributed by atoms with E-state index in [1.807, 2.05) is 13.8 Å². The van der Waals surface area contributed by atoms with Gasteiger partial charge in [0.2, 0.25) is 5.91 Å². The molecule has 1 heterocycles. The van der Waals surface area contributed by atoms with Crippen molar-refractivity contribution in [3.63, 3.8) is 0 Å². The molecule has 1 saturated heterocycles. The molecule has 0 radical (unpaired) electrons. The predicted molar refractivity (Wildman–Crippen MR) is 95.1 cm³/mol. The Labute approximate surface area is 144 Å². The summed E-state index contributed by atoms with van der Waals surface area (Å²) in [6, 6.07) is 7.24. The monoisotopic (exact) mass is 339 g/mol. The maximum atomic E-state index is 12.3. The fraction of sp³-hybridized carbons (Fsp3) is 0.529. The van der Waals surface area contributed by atoms with Crippen LogP contribution in [0, 0.1) is 11.8 Å². The highest BCUT2D eigenvalue weighted by molar-refractivity contribution is 5.96. The number of amides is 2. The summed E-state index contributed by atoms with van der Waals surface area (Å²) in [6.45, 7) is 7.71. The quantitative estimate of drug-likeness (QED) is 0.789. The maximum Gasteiger partial charge on any atom is 0.251 e. The number of piperidine rings is 1. The number of anilines is 1. The molecule has 3 N–H and O–H groups in total. The molecule has 5 nitrogen and oxygen atoms in total. The lowest BCUT2D eigenvalue weighted by atomic mass is 9.95. The van der Waals surface area contributed by atoms with E-state index in [2.05, 4.69) is 22.9 Å². The van der Waals surface area contributed by atoms with E-state index < -0.39 is 0 Å². The van der Waals surface area contributed by atoms with Crippen molar-refractivity contribution in [2.24, 2.45) is 11.8 Å². The molecule has 2 rings (SSSR count). The fourth-order valence-corrected chi connectivity index (χ4v) is 2.47. The summed E-state index contributed by atoms with van der Waals surface area (Å²) >= 11 is 0. The van der Waals surface area contributed by atoms with Gasteiger partial charge in [-0.25, -0.2) is 0 Å². The van der Waals surface area contributed by atoms with Crippen molar-refractivity contribution in [2.45, 2.75) is 33.2 Å². The van der Waals surface area contributed by atoms with Gasteiger partial charge in [-0.05, 0) is 49.7 Å². The van der Waals surface area contributed by atoms with Crippen molar-refractivity contribution in [1.82, 2.24) is 10.6 Å². The highest BCUT2D eigenvalue weighted by atomic mass is 35.5. The average molecular weight is 340 g/mol. The van der Waals surface area contributed by atoms with Gasteiger partial charge in [-0.3, -0.25) is 9.59 Å². The van der Waals surface area contributed by atoms with E-state index in [4.69, 9.17) is 0 Å². The Balaban J connectivity index is 0.00000264. The molecule has 1 aliphatic rings. The number of carbonyl (C=O) groups excluding carboxylic acids is 2. The lowest BCUT2D eigenvalue weighted by Crippen LogP contribution is -2.48. The molecule has 0 aliphatic carbocycles. The molecule has 1 aromatic rings. The summed E-state index contributed by atoms with van der Waals surface area (Å²) in [7, 11) is 0. The first kappa shape index (κ1) is 19.5. The molecular formula is C17H26ClN3O2. The molecule has 128 valence electrons. The Morgan fingerprint density at radius 2 is 1.87 bits per heavy atom. The lowest BCUT2D eigenvalue weighted by molar-refractivity contribution is -0.118. The smallest absolute Gasteiger partial charge is 0.251 e. The second kappa shape index (κ2) is 8.89. The minimum Gasteiger partial charge on any atom is -0.349 e. The number of carbonyl (C=O) groups is 2. The van der Waals surface area contributed by atoms with Gasteiger partial charge < -0.3 is 16.0 Å². The lowest BCUT2D eigenvalue weighted by Gasteiger charge is -2.30. The minimum absolute atomic E-state index is 0. The van der Waals surface area contributed by atoms with Crippen molar-refractivity contribution in [2.75, 3.05) is 18.4 Å². The highest BCUT2D eigenvalue weighted by Gasteiger charge is 2.22. The van der Waals surface area contributed by atoms with Gasteiger partial charge in [0.05, 0.1) is 0 Å². The van der Waals surface area contributed by atoms with E-state index in [1.54, 1.807) is 24.3 Å². The third-order valence-corrected chi connectivity index (χ3v) is 4.04. The molecule has 0 spiro atoms. The Hall–Kier alpha value is -1.59. The molecular weight excluding hydrogens is 314 g/mol. The number of nitrogens with one attached hydrogen (secondary N) is 3. The van der Waals surface area contributed by atoms with Crippen molar-refractivity contribution in [3.8, 4) is 0 Å². The molecule has 0 saturated carbocycles. The van der Waals surface area contributed by atoms with Gasteiger partial charge in [0.15, 0.2) is 0 Å². The van der Waals surface area contributed by atoms with Gasteiger partial charge in [0, 0.05) is 23.2 Å². The second-order valence-corrected chi connectivity index (χ2v) is 6.27. The van der Waals surface area contributed by atoms with E-state index in [0.29, 0.717) is 17.2 Å². The molecule has 0 aromatic heterocycles. The molecule has 1 aromatic carbocycles. The summed E-state index contributed by atoms with van der Waals surface area (Å²) in [5.41, 5.74) is 1.33. The van der Waals surface area contributed by atoms with Crippen LogP contribution in [-0.4, -0.2) is 30.9 Å². The van der Waals surface area contributed by atoms with Crippen LogP contribution in [0.15, 0.2) is 24.3 Å². The highest BCUT2D eigenvalue weighted by Crippen LogP contribution is 2.14. The third kappa shape index (κ3) is 5.52. The summed E-state index contributed by atoms with van der Waals surface area (Å²) in [5, 5.41) is 9.23. The van der Waals surface area contributed by atoms with Crippen LogP contribution in [0.2, 0.25) is 0 Å². The number of halogens is 1. The summed E-state index contributed by atoms with van der Waals surface area (Å²) in [4.78, 5) is 23.9. The zero-order valence-corrected chi connectivity index (χ0v) is 14.7. The Morgan fingerprint density at radius 3 is 2.43 bits per heavy atom. The largest absolute Gasteiger partial charge is 0.349 e. The second-order valence-electron chi connectivity index (χ2n) is 6.27. The van der Waals surface area contributed by atoms with Crippen molar-refractivity contribution in [3.05, 3.63) is 29.8 Å². The minimum atomic E-state index is -0.0654. The Morgan fingerprint density at radius 1 is 1.22 bits per heavy atom. The zero-order valence-electron chi connectivity index (χ0n) is 13.9. The van der Waals surface area contributed by atoms with Gasteiger partial charge in [0.1, 0.15) is 0 Å². The van der Waals surface area contributed by atoms with Gasteiger partial charge in [-0.1, -0.05) is 20.8 Å². The normalized spacial score (nSPS) is 20.5. The van der Waals surface area contributed by atoms with Crippen molar-refractivity contribution < 1.29 is 9.59 Å². The van der Waals surface area contributed by atoms with Crippen LogP contribution < -0.4 is 16.0 Å². The SMILES string of the molecule is CC(C)C(=O)Nc1ccc(C(=O)NC2CCNCC2C)cc1.Cl. The van der Waals surface area contributed by atoms with Crippen LogP contribution in [0.3, 0.4) is 0 Å². The van der Waals surface area contributed by atoms with E-state index in [-0.39, 0.29) is 36.2 Å². The maximum absolute atomic E-state index is 12.3. The van der Waals surface area contributed by atoms with E-state index in [1.165, 1.54) is 0 Å². The number of rotatable bonds is 4. The first-order chi connectivity index (χ1) is 10.5. The van der Waals surface area contributed by atoms with Gasteiger partial charge in [-0.15, -0.1) is 12.4 Å². The van der Waals surface area contributed by atoms with Crippen molar-refractivity contribution >= 4 is 29.9 Å². The van der Waals surface area contributed by atoms with Crippen molar-refractivity contribution in [1.29, 1.82) is 0 Å². The zero-order chi connectivity index (χ0) is 16.1. The van der Waals surface area contributed by atoms with Crippen LogP contribution in [0.25, 0.3) is 0 Å². The summed E-state index contributed by atoms with van der Waals surface area (Å²) in [5.74, 6) is 0.285. The average Bonchev–Trinajstić information content (AvgIpc) is 2.50. The van der Waals surface area contributed by atoms with Crippen LogP contribution in [-0.2, 0) is 4.79 Å². The van der Waals surface area contributed by atoms with E-state index in [9.17, 15) is 9.59 Å². The first-order valence-corrected chi connectivity index (χ1v) is 7.90. The molecule has 1 fully saturated rings. The number of hydrogen-bond acceptors (Lipinski definition) is 3. The molecule has 2 atom stereocenters. The molecule has 23 heavy (non-hydrogen) atoms. The van der Waals surface area contributed by atoms with Crippen LogP contribution in [0.1, 0.15) is 37.6 Å². The number of benzene rings is 1. The van der Waals surface area contributed by atoms with Crippen LogP contribution >= 0.6 is 12.4 Å². The van der Waals surface area contributed by atoms with E-state index >= 15 is 0 Å². The fourth-order valence-electron chi connectivity index (χ4n) is 2.47. The standard InChI is InChI=1S/C17H25N3O2.ClH/c1-11(2)16(21)19-14-6-4-13(5-7-14)17(22)20-15-8-9-18-10-12(15)3;/h4-7,11-12,15,18H,8-10H2,1-3H3,(H,19,21)(H,20,22);1H. The topological polar surface area (TPSA) is 70.2 Å².